The number of fused-ring (bicyclic) bond motifs is 1. The molecule has 0 unspecified atom stereocenters. The number of aromatic hydroxyl groups is 2. The summed E-state index contributed by atoms with van der Waals surface area (Å²) in [7, 11) is 0. The number of likely N-dealkylation sites (tertiary alicyclic amines) is 2. The van der Waals surface area contributed by atoms with E-state index >= 15 is 0 Å². The number of anilines is 1. The van der Waals surface area contributed by atoms with E-state index in [1.54, 1.807) is 11.5 Å². The lowest BCUT2D eigenvalue weighted by Gasteiger charge is -2.49. The zero-order chi connectivity index (χ0) is 43.7. The van der Waals surface area contributed by atoms with Crippen LogP contribution in [0.15, 0.2) is 44.9 Å². The molecule has 2 saturated heterocycles. The fourth-order valence-corrected chi connectivity index (χ4v) is 8.71. The number of hydrogen-bond donors (Lipinski definition) is 9. The highest BCUT2D eigenvalue weighted by atomic mass is 32.1. The number of quaternary nitrogens is 1. The number of carbonyl (C=O) groups is 6. The van der Waals surface area contributed by atoms with Crippen molar-refractivity contribution in [2.45, 2.75) is 63.3 Å². The molecule has 1 aromatic carbocycles. The third-order valence-electron chi connectivity index (χ3n) is 11.0. The predicted molar refractivity (Wildman–Crippen MR) is 216 cm³/mol. The Balaban J connectivity index is 1.20. The summed E-state index contributed by atoms with van der Waals surface area (Å²) in [5.41, 5.74) is 3.28. The first-order valence-electron chi connectivity index (χ1n) is 18.8. The summed E-state index contributed by atoms with van der Waals surface area (Å²) in [6.45, 7) is 3.95. The average Bonchev–Trinajstić information content (AvgIpc) is 3.71. The fraction of sp³-hybridized carbons (Fsp3) is 0.432. The van der Waals surface area contributed by atoms with Crippen molar-refractivity contribution in [3.8, 4) is 11.5 Å². The Morgan fingerprint density at radius 2 is 1.83 bits per heavy atom. The number of oxime groups is 1. The molecule has 60 heavy (non-hydrogen) atoms. The summed E-state index contributed by atoms with van der Waals surface area (Å²) in [6.07, 6.45) is 0.686. The summed E-state index contributed by atoms with van der Waals surface area (Å²) in [5.74, 6) is -8.21. The summed E-state index contributed by atoms with van der Waals surface area (Å²) < 4.78 is 1.94. The van der Waals surface area contributed by atoms with Crippen LogP contribution < -0.4 is 21.8 Å². The highest BCUT2D eigenvalue weighted by Crippen LogP contribution is 2.54. The number of aromatic nitrogens is 2. The number of hydrogen-bond acceptors (Lipinski definition) is 15. The first kappa shape index (κ1) is 43.4. The van der Waals surface area contributed by atoms with Crippen molar-refractivity contribution in [3.63, 3.8) is 0 Å². The first-order chi connectivity index (χ1) is 28.5. The van der Waals surface area contributed by atoms with Crippen LogP contribution in [0.1, 0.15) is 55.1 Å². The van der Waals surface area contributed by atoms with Gasteiger partial charge in [-0.25, -0.2) is 14.6 Å². The maximum absolute atomic E-state index is 13.9. The minimum atomic E-state index is -1.97. The molecule has 2 aliphatic heterocycles. The number of phenols is 2. The number of thiol groups is 1. The van der Waals surface area contributed by atoms with Gasteiger partial charge in [0.05, 0.1) is 49.0 Å². The first-order valence-corrected chi connectivity index (χ1v) is 20.3. The van der Waals surface area contributed by atoms with Gasteiger partial charge >= 0.3 is 17.9 Å². The van der Waals surface area contributed by atoms with Crippen LogP contribution in [0, 0.1) is 0 Å². The van der Waals surface area contributed by atoms with Crippen LogP contribution >= 0.6 is 24.0 Å². The molecule has 2 atom stereocenters. The SMILES string of the molecule is CCn1cc(C(=O)NCC[N+]2(C/C(CS)=C(\C(=O)O)N3C(=O)[C@@H](NC(=O)/C(=N\O[C@@H](CC(=O)O)C(=O)O)c4csc(N)n4)C34CC4)CCCC2)c(=O)c2c(O)c(O)ccc21. The Kier molecular flexibility index (Phi) is 12.4. The number of benzene rings is 1. The van der Waals surface area contributed by atoms with Crippen molar-refractivity contribution in [1.82, 2.24) is 25.1 Å². The number of β-lactam (4-membered cyclic amide) rings is 1. The number of pyridine rings is 1. The molecule has 23 heteroatoms. The van der Waals surface area contributed by atoms with Crippen LogP contribution in [-0.2, 0) is 35.4 Å². The number of amides is 3. The molecular formula is C37H43N8O13S2+. The zero-order valence-corrected chi connectivity index (χ0v) is 33.8. The molecule has 3 fully saturated rings. The lowest BCUT2D eigenvalue weighted by Crippen LogP contribution is -2.73. The summed E-state index contributed by atoms with van der Waals surface area (Å²) in [4.78, 5) is 100. The molecule has 3 amide bonds. The number of phenolic OH excluding ortho intramolecular Hbond substituents is 2. The van der Waals surface area contributed by atoms with Gasteiger partial charge in [-0.3, -0.25) is 28.9 Å². The second kappa shape index (κ2) is 17.2. The number of rotatable bonds is 18. The van der Waals surface area contributed by atoms with Gasteiger partial charge in [-0.1, -0.05) is 5.16 Å². The van der Waals surface area contributed by atoms with Gasteiger partial charge in [-0.05, 0) is 31.9 Å². The van der Waals surface area contributed by atoms with E-state index in [-0.39, 0.29) is 46.3 Å². The number of nitrogen functional groups attached to an aromatic ring is 1. The lowest BCUT2D eigenvalue weighted by molar-refractivity contribution is -0.911. The Hall–Kier alpha value is -6.20. The highest BCUT2D eigenvalue weighted by molar-refractivity contribution is 7.80. The van der Waals surface area contributed by atoms with Gasteiger partial charge in [-0.2, -0.15) is 12.6 Å². The van der Waals surface area contributed by atoms with Crippen molar-refractivity contribution in [2.24, 2.45) is 5.16 Å². The summed E-state index contributed by atoms with van der Waals surface area (Å²) in [6, 6.07) is 1.50. The van der Waals surface area contributed by atoms with Crippen molar-refractivity contribution in [3.05, 3.63) is 56.5 Å². The van der Waals surface area contributed by atoms with Gasteiger partial charge < -0.3 is 55.8 Å². The van der Waals surface area contributed by atoms with Crippen LogP contribution in [-0.4, -0.2) is 142 Å². The van der Waals surface area contributed by atoms with Gasteiger partial charge in [0.2, 0.25) is 11.5 Å². The van der Waals surface area contributed by atoms with Crippen LogP contribution in [0.5, 0.6) is 11.5 Å². The topological polar surface area (TPSA) is 313 Å². The number of nitrogens with zero attached hydrogens (tertiary/aromatic N) is 5. The van der Waals surface area contributed by atoms with Gasteiger partial charge in [0.1, 0.15) is 29.5 Å². The van der Waals surface area contributed by atoms with Crippen molar-refractivity contribution in [2.75, 3.05) is 44.2 Å². The minimum absolute atomic E-state index is 0.0148. The van der Waals surface area contributed by atoms with Gasteiger partial charge in [0.15, 0.2) is 22.3 Å². The molecule has 9 N–H and O–H groups in total. The molecule has 1 saturated carbocycles. The van der Waals surface area contributed by atoms with Gasteiger partial charge in [-0.15, -0.1) is 11.3 Å². The third-order valence-corrected chi connectivity index (χ3v) is 12.1. The van der Waals surface area contributed by atoms with E-state index in [9.17, 15) is 54.0 Å². The number of nitrogens with one attached hydrogen (secondary N) is 2. The molecule has 3 aromatic rings. The molecule has 0 radical (unpaired) electrons. The molecule has 3 aliphatic rings. The maximum Gasteiger partial charge on any atom is 0.352 e. The van der Waals surface area contributed by atoms with Crippen LogP contribution in [0.3, 0.4) is 0 Å². The monoisotopic (exact) mass is 871 g/mol. The van der Waals surface area contributed by atoms with E-state index in [0.717, 1.165) is 29.1 Å². The van der Waals surface area contributed by atoms with Gasteiger partial charge in [0, 0.05) is 42.3 Å². The summed E-state index contributed by atoms with van der Waals surface area (Å²) in [5, 5.41) is 59.6. The van der Waals surface area contributed by atoms with Crippen LogP contribution in [0.2, 0.25) is 0 Å². The second-order valence-corrected chi connectivity index (χ2v) is 16.0. The molecule has 320 valence electrons. The van der Waals surface area contributed by atoms with E-state index in [1.807, 2.05) is 0 Å². The van der Waals surface area contributed by atoms with E-state index < -0.39 is 82.4 Å². The smallest absolute Gasteiger partial charge is 0.352 e. The standard InChI is InChI=1S/C37H42N8O13S2/c1-2-43-14-19(28(49)25-21(43)5-6-22(46)29(25)50)31(51)39-9-12-45(10-3-4-11-45)15-18(16-59)27(35(56)57)44-33(53)30(37(44)7-8-37)41-32(52)26(20-17-60-36(38)40-20)42-58-23(34(54)55)13-24(47)48/h5-6,14,17,23,30H,2-4,7-13,15-16H2,1H3,(H9-,38,39,40,41,46,47,48,50,51,52,54,55,56,57,59)/p+1/b27-18-,42-26-/t23-,30+/m0/s1. The largest absolute Gasteiger partial charge is 0.504 e. The number of aryl methyl sites for hydroxylation is 1. The molecular weight excluding hydrogens is 829 g/mol. The van der Waals surface area contributed by atoms with E-state index in [4.69, 9.17) is 15.7 Å². The fourth-order valence-electron chi connectivity index (χ4n) is 7.91. The van der Waals surface area contributed by atoms with E-state index in [2.05, 4.69) is 33.4 Å². The van der Waals surface area contributed by atoms with Crippen molar-refractivity contribution in [1.29, 1.82) is 0 Å². The number of carboxylic acid groups (broad SMARTS) is 3. The average molecular weight is 872 g/mol. The van der Waals surface area contributed by atoms with E-state index in [1.165, 1.54) is 23.7 Å². The van der Waals surface area contributed by atoms with Gasteiger partial charge in [0.25, 0.3) is 17.7 Å². The Morgan fingerprint density at radius 3 is 2.40 bits per heavy atom. The number of nitrogens with two attached hydrogens (primary N) is 1. The second-order valence-electron chi connectivity index (χ2n) is 14.8. The van der Waals surface area contributed by atoms with Crippen molar-refractivity contribution >= 4 is 81.3 Å². The highest BCUT2D eigenvalue weighted by Gasteiger charge is 2.70. The quantitative estimate of drug-likeness (QED) is 0.0158. The third kappa shape index (κ3) is 8.31. The molecule has 6 rings (SSSR count). The van der Waals surface area contributed by atoms with Crippen LogP contribution in [0.25, 0.3) is 10.9 Å². The Labute approximate surface area is 349 Å². The minimum Gasteiger partial charge on any atom is -0.504 e. The number of thiazole rings is 1. The lowest BCUT2D eigenvalue weighted by atomic mass is 9.89. The Morgan fingerprint density at radius 1 is 1.13 bits per heavy atom. The maximum atomic E-state index is 13.9. The molecule has 0 bridgehead atoms. The molecule has 1 spiro atoms. The molecule has 2 aromatic heterocycles. The Bertz CT molecular complexity index is 2400. The molecule has 4 heterocycles. The van der Waals surface area contributed by atoms with E-state index in [0.29, 0.717) is 54.6 Å². The zero-order valence-electron chi connectivity index (χ0n) is 32.1. The van der Waals surface area contributed by atoms with Crippen molar-refractivity contribution < 1.29 is 63.6 Å². The number of carboxylic acids is 3. The predicted octanol–water partition coefficient (Wildman–Crippen LogP) is 0.289. The number of carbonyl (C=O) groups excluding carboxylic acids is 3. The molecule has 1 aliphatic carbocycles. The molecule has 21 nitrogen and oxygen atoms in total. The summed E-state index contributed by atoms with van der Waals surface area (Å²) >= 11 is 5.40. The normalized spacial score (nSPS) is 18.7. The number of aliphatic carboxylic acids is 3. The van der Waals surface area contributed by atoms with Crippen LogP contribution in [0.4, 0.5) is 5.13 Å².